The van der Waals surface area contributed by atoms with Crippen molar-refractivity contribution in [2.45, 2.75) is 51.0 Å². The van der Waals surface area contributed by atoms with E-state index in [2.05, 4.69) is 40.0 Å². The summed E-state index contributed by atoms with van der Waals surface area (Å²) in [5.74, 6) is 0.871. The van der Waals surface area contributed by atoms with Gasteiger partial charge in [0.2, 0.25) is 0 Å². The molecule has 2 aliphatic heterocycles. The van der Waals surface area contributed by atoms with Gasteiger partial charge in [-0.05, 0) is 75.9 Å². The number of benzene rings is 1. The van der Waals surface area contributed by atoms with Crippen molar-refractivity contribution < 1.29 is 0 Å². The van der Waals surface area contributed by atoms with E-state index < -0.39 is 0 Å². The predicted octanol–water partition coefficient (Wildman–Crippen LogP) is 4.59. The molecule has 1 unspecified atom stereocenters. The van der Waals surface area contributed by atoms with Gasteiger partial charge in [-0.3, -0.25) is 4.98 Å². The maximum absolute atomic E-state index is 9.34. The summed E-state index contributed by atoms with van der Waals surface area (Å²) in [5, 5.41) is 10.5. The van der Waals surface area contributed by atoms with E-state index in [1.165, 1.54) is 57.2 Å². The molecular weight excluding hydrogens is 332 g/mol. The van der Waals surface area contributed by atoms with Crippen LogP contribution in [0.25, 0.3) is 10.9 Å². The number of fused-ring (bicyclic) bond motifs is 1. The van der Waals surface area contributed by atoms with Crippen molar-refractivity contribution >= 4 is 16.6 Å². The minimum atomic E-state index is 0.668. The zero-order valence-corrected chi connectivity index (χ0v) is 16.4. The standard InChI is InChI=1S/C23H30N4/c1-26-14-4-7-20(26)6-2-5-18-11-15-27(16-12-18)22-10-9-19(17-24)23-21(22)8-3-13-25-23/h3,8-10,13,18,20H,2,4-7,11-12,14-16H2,1H3. The van der Waals surface area contributed by atoms with E-state index in [9.17, 15) is 5.26 Å². The lowest BCUT2D eigenvalue weighted by atomic mass is 9.90. The van der Waals surface area contributed by atoms with E-state index in [0.717, 1.165) is 36.0 Å². The van der Waals surface area contributed by atoms with Gasteiger partial charge in [-0.15, -0.1) is 0 Å². The highest BCUT2D eigenvalue weighted by Crippen LogP contribution is 2.32. The molecule has 1 aromatic heterocycles. The molecule has 2 saturated heterocycles. The predicted molar refractivity (Wildman–Crippen MR) is 111 cm³/mol. The number of likely N-dealkylation sites (tertiary alicyclic amines) is 1. The summed E-state index contributed by atoms with van der Waals surface area (Å²) in [6.45, 7) is 3.52. The Morgan fingerprint density at radius 1 is 1.11 bits per heavy atom. The SMILES string of the molecule is CN1CCCC1CCCC1CCN(c2ccc(C#N)c3ncccc23)CC1. The smallest absolute Gasteiger partial charge is 0.101 e. The molecular formula is C23H30N4. The van der Waals surface area contributed by atoms with Gasteiger partial charge in [0.15, 0.2) is 0 Å². The van der Waals surface area contributed by atoms with Crippen LogP contribution in [0, 0.1) is 17.2 Å². The fraction of sp³-hybridized carbons (Fsp3) is 0.565. The maximum atomic E-state index is 9.34. The van der Waals surface area contributed by atoms with E-state index in [4.69, 9.17) is 0 Å². The Bertz CT molecular complexity index is 817. The topological polar surface area (TPSA) is 43.2 Å². The Morgan fingerprint density at radius 3 is 2.70 bits per heavy atom. The van der Waals surface area contributed by atoms with E-state index >= 15 is 0 Å². The van der Waals surface area contributed by atoms with Crippen LogP contribution in [0.15, 0.2) is 30.5 Å². The quantitative estimate of drug-likeness (QED) is 0.780. The molecule has 0 spiro atoms. The fourth-order valence-electron chi connectivity index (χ4n) is 4.97. The van der Waals surface area contributed by atoms with Gasteiger partial charge in [-0.1, -0.05) is 12.8 Å². The number of anilines is 1. The van der Waals surface area contributed by atoms with Gasteiger partial charge in [0.1, 0.15) is 6.07 Å². The molecule has 0 aliphatic carbocycles. The molecule has 27 heavy (non-hydrogen) atoms. The first-order valence-corrected chi connectivity index (χ1v) is 10.5. The van der Waals surface area contributed by atoms with Crippen LogP contribution >= 0.6 is 0 Å². The third-order valence-electron chi connectivity index (χ3n) is 6.64. The van der Waals surface area contributed by atoms with Crippen molar-refractivity contribution in [3.05, 3.63) is 36.0 Å². The number of aromatic nitrogens is 1. The second kappa shape index (κ2) is 8.27. The molecule has 2 aliphatic rings. The van der Waals surface area contributed by atoms with Gasteiger partial charge in [0, 0.05) is 36.4 Å². The molecule has 1 atom stereocenters. The third-order valence-corrected chi connectivity index (χ3v) is 6.64. The molecule has 0 radical (unpaired) electrons. The van der Waals surface area contributed by atoms with Gasteiger partial charge in [-0.2, -0.15) is 5.26 Å². The van der Waals surface area contributed by atoms with Gasteiger partial charge in [-0.25, -0.2) is 0 Å². The average Bonchev–Trinajstić information content (AvgIpc) is 3.12. The van der Waals surface area contributed by atoms with Crippen LogP contribution in [-0.2, 0) is 0 Å². The third kappa shape index (κ3) is 3.94. The summed E-state index contributed by atoms with van der Waals surface area (Å²) in [6.07, 6.45) is 11.3. The second-order valence-corrected chi connectivity index (χ2v) is 8.28. The van der Waals surface area contributed by atoms with E-state index in [1.54, 1.807) is 6.20 Å². The number of piperidine rings is 1. The Balaban J connectivity index is 1.34. The molecule has 2 aromatic rings. The van der Waals surface area contributed by atoms with Crippen molar-refractivity contribution in [1.29, 1.82) is 5.26 Å². The van der Waals surface area contributed by atoms with Crippen molar-refractivity contribution in [1.82, 2.24) is 9.88 Å². The first-order valence-electron chi connectivity index (χ1n) is 10.5. The Morgan fingerprint density at radius 2 is 1.96 bits per heavy atom. The minimum absolute atomic E-state index is 0.668. The number of hydrogen-bond donors (Lipinski definition) is 0. The maximum Gasteiger partial charge on any atom is 0.101 e. The highest BCUT2D eigenvalue weighted by Gasteiger charge is 2.23. The van der Waals surface area contributed by atoms with Crippen LogP contribution in [0.5, 0.6) is 0 Å². The Hall–Kier alpha value is -2.12. The second-order valence-electron chi connectivity index (χ2n) is 8.28. The summed E-state index contributed by atoms with van der Waals surface area (Å²) >= 11 is 0. The monoisotopic (exact) mass is 362 g/mol. The van der Waals surface area contributed by atoms with Crippen molar-refractivity contribution in [2.75, 3.05) is 31.6 Å². The van der Waals surface area contributed by atoms with Gasteiger partial charge in [0.05, 0.1) is 11.1 Å². The normalized spacial score (nSPS) is 21.6. The highest BCUT2D eigenvalue weighted by molar-refractivity contribution is 5.95. The zero-order valence-electron chi connectivity index (χ0n) is 16.4. The van der Waals surface area contributed by atoms with Gasteiger partial charge in [0.25, 0.3) is 0 Å². The van der Waals surface area contributed by atoms with E-state index in [1.807, 2.05) is 12.1 Å². The summed E-state index contributed by atoms with van der Waals surface area (Å²) in [4.78, 5) is 9.49. The first kappa shape index (κ1) is 18.3. The van der Waals surface area contributed by atoms with Gasteiger partial charge < -0.3 is 9.80 Å². The molecule has 4 nitrogen and oxygen atoms in total. The fourth-order valence-corrected chi connectivity index (χ4v) is 4.97. The molecule has 0 saturated carbocycles. The summed E-state index contributed by atoms with van der Waals surface area (Å²) in [5.41, 5.74) is 2.74. The first-order chi connectivity index (χ1) is 13.3. The lowest BCUT2D eigenvalue weighted by Gasteiger charge is -2.34. The zero-order chi connectivity index (χ0) is 18.6. The molecule has 4 rings (SSSR count). The highest BCUT2D eigenvalue weighted by atomic mass is 15.1. The molecule has 1 aromatic carbocycles. The van der Waals surface area contributed by atoms with Crippen LogP contribution in [0.2, 0.25) is 0 Å². The van der Waals surface area contributed by atoms with Crippen LogP contribution in [0.3, 0.4) is 0 Å². The average molecular weight is 363 g/mol. The lowest BCUT2D eigenvalue weighted by molar-refractivity contribution is 0.277. The van der Waals surface area contributed by atoms with Crippen molar-refractivity contribution in [2.24, 2.45) is 5.92 Å². The number of nitriles is 1. The molecule has 0 amide bonds. The molecule has 0 N–H and O–H groups in total. The number of pyridine rings is 1. The van der Waals surface area contributed by atoms with E-state index in [0.29, 0.717) is 5.56 Å². The Labute approximate surface area is 162 Å². The Kier molecular flexibility index (Phi) is 5.59. The van der Waals surface area contributed by atoms with Crippen molar-refractivity contribution in [3.63, 3.8) is 0 Å². The van der Waals surface area contributed by atoms with Crippen LogP contribution < -0.4 is 4.90 Å². The largest absolute Gasteiger partial charge is 0.371 e. The summed E-state index contributed by atoms with van der Waals surface area (Å²) in [6, 6.07) is 11.2. The van der Waals surface area contributed by atoms with Crippen LogP contribution in [0.4, 0.5) is 5.69 Å². The van der Waals surface area contributed by atoms with E-state index in [-0.39, 0.29) is 0 Å². The molecule has 4 heteroatoms. The molecule has 142 valence electrons. The number of rotatable bonds is 5. The van der Waals surface area contributed by atoms with Crippen LogP contribution in [-0.4, -0.2) is 42.6 Å². The van der Waals surface area contributed by atoms with Gasteiger partial charge >= 0.3 is 0 Å². The summed E-state index contributed by atoms with van der Waals surface area (Å²) in [7, 11) is 2.28. The molecule has 0 bridgehead atoms. The van der Waals surface area contributed by atoms with Crippen LogP contribution in [0.1, 0.15) is 50.5 Å². The molecule has 3 heterocycles. The summed E-state index contributed by atoms with van der Waals surface area (Å²) < 4.78 is 0. The van der Waals surface area contributed by atoms with Crippen molar-refractivity contribution in [3.8, 4) is 6.07 Å². The number of hydrogen-bond acceptors (Lipinski definition) is 4. The minimum Gasteiger partial charge on any atom is -0.371 e. The number of nitrogens with zero attached hydrogens (tertiary/aromatic N) is 4. The lowest BCUT2D eigenvalue weighted by Crippen LogP contribution is -2.34. The molecule has 2 fully saturated rings.